The first-order valence-corrected chi connectivity index (χ1v) is 9.09. The Bertz CT molecular complexity index is 558. The van der Waals surface area contributed by atoms with Gasteiger partial charge < -0.3 is 0 Å². The number of hydrogen-bond acceptors (Lipinski definition) is 0. The second-order valence-corrected chi connectivity index (χ2v) is 8.20. The summed E-state index contributed by atoms with van der Waals surface area (Å²) in [5.41, 5.74) is 3.63. The van der Waals surface area contributed by atoms with E-state index in [9.17, 15) is 0 Å². The fourth-order valence-electron chi connectivity index (χ4n) is 3.97. The largest absolute Gasteiger partial charge is 0.0863 e. The van der Waals surface area contributed by atoms with Crippen LogP contribution in [0.2, 0.25) is 0 Å². The maximum Gasteiger partial charge on any atom is -0.00166 e. The Hall–Kier alpha value is -1.00. The van der Waals surface area contributed by atoms with Gasteiger partial charge in [-0.1, -0.05) is 37.9 Å². The Labute approximate surface area is 116 Å². The van der Waals surface area contributed by atoms with E-state index in [-0.39, 0.29) is 7.53 Å². The van der Waals surface area contributed by atoms with Crippen LogP contribution in [0.4, 0.5) is 0 Å². The topological polar surface area (TPSA) is 0 Å². The van der Waals surface area contributed by atoms with E-state index in [0.717, 1.165) is 0 Å². The Morgan fingerprint density at radius 2 is 1.16 bits per heavy atom. The van der Waals surface area contributed by atoms with Gasteiger partial charge in [0.15, 0.2) is 0 Å². The lowest BCUT2D eigenvalue weighted by molar-refractivity contribution is 0.661. The highest BCUT2D eigenvalue weighted by molar-refractivity contribution is 7.59. The molecule has 0 bridgehead atoms. The fraction of sp³-hybridized carbons (Fsp3) is 0.444. The lowest BCUT2D eigenvalue weighted by atomic mass is 9.89. The van der Waals surface area contributed by atoms with Gasteiger partial charge in [0, 0.05) is 0 Å². The van der Waals surface area contributed by atoms with Crippen LogP contribution >= 0.6 is 7.53 Å². The zero-order chi connectivity index (χ0) is 12.7. The summed E-state index contributed by atoms with van der Waals surface area (Å²) >= 11 is 0. The molecular weight excluding hydrogens is 247 g/mol. The van der Waals surface area contributed by atoms with E-state index in [1.807, 2.05) is 21.7 Å². The highest BCUT2D eigenvalue weighted by atomic mass is 31.1. The minimum absolute atomic E-state index is 0.0958. The predicted octanol–water partition coefficient (Wildman–Crippen LogP) is 5.42. The molecule has 2 aromatic rings. The fourth-order valence-corrected chi connectivity index (χ4v) is 7.19. The van der Waals surface area contributed by atoms with E-state index in [1.165, 1.54) is 51.4 Å². The summed E-state index contributed by atoms with van der Waals surface area (Å²) in [7, 11) is -0.0958. The van der Waals surface area contributed by atoms with E-state index in [2.05, 4.69) is 30.3 Å². The first kappa shape index (κ1) is 11.8. The maximum atomic E-state index is 2.37. The lowest BCUT2D eigenvalue weighted by Crippen LogP contribution is -2.04. The average Bonchev–Trinajstić information content (AvgIpc) is 2.83. The van der Waals surface area contributed by atoms with Gasteiger partial charge in [-0.15, -0.1) is 0 Å². The van der Waals surface area contributed by atoms with Gasteiger partial charge in [-0.3, -0.25) is 0 Å². The molecule has 0 aliphatic heterocycles. The van der Waals surface area contributed by atoms with E-state index >= 15 is 0 Å². The monoisotopic (exact) mass is 268 g/mol. The average molecular weight is 268 g/mol. The Kier molecular flexibility index (Phi) is 3.00. The third-order valence-electron chi connectivity index (χ3n) is 4.80. The van der Waals surface area contributed by atoms with Crippen molar-refractivity contribution in [1.82, 2.24) is 0 Å². The minimum atomic E-state index is -0.0958. The van der Waals surface area contributed by atoms with Crippen LogP contribution in [-0.4, -0.2) is 0 Å². The molecule has 98 valence electrons. The van der Waals surface area contributed by atoms with Crippen molar-refractivity contribution < 1.29 is 0 Å². The van der Waals surface area contributed by atoms with E-state index < -0.39 is 0 Å². The predicted molar refractivity (Wildman–Crippen MR) is 83.8 cm³/mol. The molecule has 0 saturated heterocycles. The summed E-state index contributed by atoms with van der Waals surface area (Å²) in [6.45, 7) is 0. The van der Waals surface area contributed by atoms with Gasteiger partial charge in [0.2, 0.25) is 0 Å². The van der Waals surface area contributed by atoms with Gasteiger partial charge in [0.1, 0.15) is 0 Å². The quantitative estimate of drug-likeness (QED) is 0.647. The summed E-state index contributed by atoms with van der Waals surface area (Å²) in [6.07, 6.45) is 11.2. The molecule has 1 aromatic carbocycles. The van der Waals surface area contributed by atoms with Crippen molar-refractivity contribution in [2.45, 2.75) is 51.4 Å². The molecule has 0 nitrogen and oxygen atoms in total. The van der Waals surface area contributed by atoms with Gasteiger partial charge in [-0.25, -0.2) is 0 Å². The summed E-state index contributed by atoms with van der Waals surface area (Å²) < 4.78 is 0. The van der Waals surface area contributed by atoms with Gasteiger partial charge in [0.05, 0.1) is 0 Å². The third-order valence-corrected chi connectivity index (χ3v) is 7.68. The Morgan fingerprint density at radius 3 is 1.74 bits per heavy atom. The standard InChI is InChI=1S/C18H21P/c1-2-8-14(9-3-1)19-17-12-6-4-10-15(17)16-11-5-7-13-18(16)19/h1-3,8-9H,4-7,10-13H2. The number of rotatable bonds is 1. The zero-order valence-electron chi connectivity index (χ0n) is 11.5. The molecule has 19 heavy (non-hydrogen) atoms. The molecule has 0 radical (unpaired) electrons. The summed E-state index contributed by atoms with van der Waals surface area (Å²) in [6, 6.07) is 11.3. The van der Waals surface area contributed by atoms with Crippen LogP contribution in [0.3, 0.4) is 0 Å². The van der Waals surface area contributed by atoms with Crippen molar-refractivity contribution in [2.24, 2.45) is 0 Å². The molecule has 0 atom stereocenters. The highest BCUT2D eigenvalue weighted by Gasteiger charge is 2.26. The lowest BCUT2D eigenvalue weighted by Gasteiger charge is -2.15. The van der Waals surface area contributed by atoms with Crippen molar-refractivity contribution in [3.8, 4) is 5.30 Å². The summed E-state index contributed by atoms with van der Waals surface area (Å²) in [5.74, 6) is 0. The zero-order valence-corrected chi connectivity index (χ0v) is 12.4. The molecule has 2 aliphatic rings. The first-order chi connectivity index (χ1) is 9.45. The van der Waals surface area contributed by atoms with Crippen LogP contribution in [0.25, 0.3) is 5.30 Å². The number of benzene rings is 1. The maximum absolute atomic E-state index is 2.37. The SMILES string of the molecule is c1ccc(-p2c3c(c4c2CCCC4)CCCC3)cc1. The van der Waals surface area contributed by atoms with E-state index in [0.29, 0.717) is 0 Å². The van der Waals surface area contributed by atoms with Crippen LogP contribution in [-0.2, 0) is 25.7 Å². The molecule has 1 aromatic heterocycles. The minimum Gasteiger partial charge on any atom is -0.0863 e. The van der Waals surface area contributed by atoms with Gasteiger partial charge in [-0.2, -0.15) is 0 Å². The van der Waals surface area contributed by atoms with Crippen LogP contribution in [0.1, 0.15) is 47.4 Å². The van der Waals surface area contributed by atoms with Crippen molar-refractivity contribution in [1.29, 1.82) is 0 Å². The first-order valence-electron chi connectivity index (χ1n) is 7.75. The second-order valence-electron chi connectivity index (χ2n) is 5.94. The molecule has 4 rings (SSSR count). The van der Waals surface area contributed by atoms with Crippen molar-refractivity contribution >= 4 is 7.53 Å². The molecule has 0 unspecified atom stereocenters. The molecule has 0 spiro atoms. The van der Waals surface area contributed by atoms with Crippen LogP contribution in [0.15, 0.2) is 30.3 Å². The van der Waals surface area contributed by atoms with Crippen LogP contribution in [0, 0.1) is 0 Å². The number of fused-ring (bicyclic) bond motifs is 3. The van der Waals surface area contributed by atoms with E-state index in [1.54, 1.807) is 5.30 Å². The van der Waals surface area contributed by atoms with Crippen molar-refractivity contribution in [3.05, 3.63) is 52.0 Å². The highest BCUT2D eigenvalue weighted by Crippen LogP contribution is 2.56. The van der Waals surface area contributed by atoms with Crippen LogP contribution in [0.5, 0.6) is 0 Å². The molecule has 1 heterocycles. The molecule has 0 N–H and O–H groups in total. The molecule has 0 fully saturated rings. The van der Waals surface area contributed by atoms with Crippen molar-refractivity contribution in [2.75, 3.05) is 0 Å². The van der Waals surface area contributed by atoms with E-state index in [4.69, 9.17) is 0 Å². The Balaban J connectivity index is 1.96. The number of hydrogen-bond donors (Lipinski definition) is 0. The molecule has 0 saturated carbocycles. The smallest absolute Gasteiger partial charge is 0.00166 e. The van der Waals surface area contributed by atoms with Gasteiger partial charge >= 0.3 is 0 Å². The van der Waals surface area contributed by atoms with Crippen molar-refractivity contribution in [3.63, 3.8) is 0 Å². The molecule has 0 amide bonds. The molecule has 2 aliphatic carbocycles. The van der Waals surface area contributed by atoms with Gasteiger partial charge in [-0.05, 0) is 78.4 Å². The summed E-state index contributed by atoms with van der Waals surface area (Å²) in [5, 5.41) is 5.33. The molecular formula is C18H21P. The van der Waals surface area contributed by atoms with Crippen LogP contribution < -0.4 is 0 Å². The van der Waals surface area contributed by atoms with Gasteiger partial charge in [0.25, 0.3) is 0 Å². The third kappa shape index (κ3) is 1.89. The second kappa shape index (κ2) is 4.84. The normalized spacial score (nSPS) is 17.9. The molecule has 1 heteroatoms. The Morgan fingerprint density at radius 1 is 0.632 bits per heavy atom. The summed E-state index contributed by atoms with van der Waals surface area (Å²) in [4.78, 5) is 0.